The van der Waals surface area contributed by atoms with Gasteiger partial charge in [0.1, 0.15) is 11.8 Å². The van der Waals surface area contributed by atoms with Crippen molar-refractivity contribution in [2.75, 3.05) is 0 Å². The summed E-state index contributed by atoms with van der Waals surface area (Å²) in [5.74, 6) is 0.629. The summed E-state index contributed by atoms with van der Waals surface area (Å²) >= 11 is 5.78. The van der Waals surface area contributed by atoms with Crippen LogP contribution in [0.4, 0.5) is 0 Å². The molecule has 2 aromatic carbocycles. The van der Waals surface area contributed by atoms with E-state index in [0.717, 1.165) is 5.56 Å². The van der Waals surface area contributed by atoms with Gasteiger partial charge in [-0.1, -0.05) is 41.9 Å². The minimum atomic E-state index is -0.600. The van der Waals surface area contributed by atoms with Crippen molar-refractivity contribution in [1.29, 1.82) is 5.26 Å². The van der Waals surface area contributed by atoms with Gasteiger partial charge in [0.2, 0.25) is 6.10 Å². The van der Waals surface area contributed by atoms with Crippen LogP contribution in [-0.4, -0.2) is 0 Å². The Kier molecular flexibility index (Phi) is 3.64. The molecule has 0 aliphatic rings. The molecule has 2 aromatic rings. The highest BCUT2D eigenvalue weighted by molar-refractivity contribution is 6.30. The maximum Gasteiger partial charge on any atom is 0.209 e. The lowest BCUT2D eigenvalue weighted by molar-refractivity contribution is 0.262. The molecule has 1 atom stereocenters. The lowest BCUT2D eigenvalue weighted by Crippen LogP contribution is -2.04. The van der Waals surface area contributed by atoms with Gasteiger partial charge in [-0.2, -0.15) is 5.26 Å². The van der Waals surface area contributed by atoms with E-state index in [1.165, 1.54) is 0 Å². The van der Waals surface area contributed by atoms with Crippen LogP contribution in [0.3, 0.4) is 0 Å². The summed E-state index contributed by atoms with van der Waals surface area (Å²) in [6, 6.07) is 18.5. The molecule has 17 heavy (non-hydrogen) atoms. The molecule has 0 amide bonds. The van der Waals surface area contributed by atoms with Gasteiger partial charge in [-0.05, 0) is 24.3 Å². The Morgan fingerprint density at radius 1 is 1.00 bits per heavy atom. The number of halogens is 1. The van der Waals surface area contributed by atoms with Crippen LogP contribution in [0.1, 0.15) is 11.7 Å². The van der Waals surface area contributed by atoms with Crippen molar-refractivity contribution < 1.29 is 4.74 Å². The second kappa shape index (κ2) is 5.38. The fraction of sp³-hybridized carbons (Fsp3) is 0.0714. The largest absolute Gasteiger partial charge is 0.471 e. The Labute approximate surface area is 105 Å². The van der Waals surface area contributed by atoms with Crippen LogP contribution in [0.2, 0.25) is 5.02 Å². The zero-order chi connectivity index (χ0) is 12.1. The van der Waals surface area contributed by atoms with Crippen molar-refractivity contribution >= 4 is 11.6 Å². The summed E-state index contributed by atoms with van der Waals surface area (Å²) in [7, 11) is 0. The topological polar surface area (TPSA) is 33.0 Å². The van der Waals surface area contributed by atoms with Crippen molar-refractivity contribution in [1.82, 2.24) is 0 Å². The molecule has 0 heterocycles. The van der Waals surface area contributed by atoms with Gasteiger partial charge in [0.25, 0.3) is 0 Å². The molecule has 3 heteroatoms. The van der Waals surface area contributed by atoms with Crippen LogP contribution in [0.5, 0.6) is 5.75 Å². The van der Waals surface area contributed by atoms with Crippen LogP contribution in [-0.2, 0) is 0 Å². The summed E-state index contributed by atoms with van der Waals surface area (Å²) in [6.45, 7) is 0. The van der Waals surface area contributed by atoms with Gasteiger partial charge in [0.15, 0.2) is 0 Å². The molecule has 0 aromatic heterocycles. The van der Waals surface area contributed by atoms with Gasteiger partial charge in [-0.15, -0.1) is 0 Å². The first-order valence-electron chi connectivity index (χ1n) is 5.16. The number of hydrogen-bond acceptors (Lipinski definition) is 2. The van der Waals surface area contributed by atoms with Gasteiger partial charge in [-0.25, -0.2) is 0 Å². The fourth-order valence-corrected chi connectivity index (χ4v) is 1.57. The molecule has 1 unspecified atom stereocenters. The van der Waals surface area contributed by atoms with Crippen molar-refractivity contribution in [2.45, 2.75) is 6.10 Å². The zero-order valence-electron chi connectivity index (χ0n) is 9.01. The molecule has 84 valence electrons. The molecule has 0 bridgehead atoms. The van der Waals surface area contributed by atoms with Crippen LogP contribution < -0.4 is 4.74 Å². The lowest BCUT2D eigenvalue weighted by Gasteiger charge is -2.12. The van der Waals surface area contributed by atoms with E-state index >= 15 is 0 Å². The quantitative estimate of drug-likeness (QED) is 0.817. The van der Waals surface area contributed by atoms with Crippen LogP contribution in [0.25, 0.3) is 0 Å². The third kappa shape index (κ3) is 2.99. The van der Waals surface area contributed by atoms with Gasteiger partial charge >= 0.3 is 0 Å². The second-order valence-electron chi connectivity index (χ2n) is 3.49. The number of nitrogens with zero attached hydrogens (tertiary/aromatic N) is 1. The van der Waals surface area contributed by atoms with Crippen molar-refractivity contribution in [3.63, 3.8) is 0 Å². The number of benzene rings is 2. The van der Waals surface area contributed by atoms with E-state index in [4.69, 9.17) is 21.6 Å². The smallest absolute Gasteiger partial charge is 0.209 e. The standard InChI is InChI=1S/C14H10ClNO/c15-12-6-8-13(9-7-12)17-14(10-16)11-4-2-1-3-5-11/h1-9,14H. The average molecular weight is 244 g/mol. The zero-order valence-corrected chi connectivity index (χ0v) is 9.76. The summed E-state index contributed by atoms with van der Waals surface area (Å²) in [5.41, 5.74) is 0.838. The first-order valence-corrected chi connectivity index (χ1v) is 5.54. The Morgan fingerprint density at radius 3 is 2.24 bits per heavy atom. The number of ether oxygens (including phenoxy) is 1. The van der Waals surface area contributed by atoms with E-state index in [2.05, 4.69) is 6.07 Å². The second-order valence-corrected chi connectivity index (χ2v) is 3.93. The fourth-order valence-electron chi connectivity index (χ4n) is 1.45. The molecule has 0 aliphatic heterocycles. The maximum absolute atomic E-state index is 9.09. The first-order chi connectivity index (χ1) is 8.29. The van der Waals surface area contributed by atoms with E-state index in [-0.39, 0.29) is 0 Å². The number of hydrogen-bond donors (Lipinski definition) is 0. The number of nitriles is 1. The molecule has 0 aliphatic carbocycles. The normalized spacial score (nSPS) is 11.5. The molecule has 0 fully saturated rings. The molecule has 0 saturated carbocycles. The van der Waals surface area contributed by atoms with Gasteiger partial charge in [0, 0.05) is 10.6 Å². The van der Waals surface area contributed by atoms with Gasteiger partial charge < -0.3 is 4.74 Å². The van der Waals surface area contributed by atoms with Crippen molar-refractivity contribution in [3.05, 3.63) is 65.2 Å². The first kappa shape index (κ1) is 11.5. The third-order valence-electron chi connectivity index (χ3n) is 2.29. The van der Waals surface area contributed by atoms with E-state index in [1.54, 1.807) is 24.3 Å². The predicted octanol–water partition coefficient (Wildman–Crippen LogP) is 3.98. The highest BCUT2D eigenvalue weighted by atomic mass is 35.5. The highest BCUT2D eigenvalue weighted by Gasteiger charge is 2.11. The molecule has 2 nitrogen and oxygen atoms in total. The Morgan fingerprint density at radius 2 is 1.65 bits per heavy atom. The van der Waals surface area contributed by atoms with Gasteiger partial charge in [0.05, 0.1) is 0 Å². The molecule has 0 radical (unpaired) electrons. The summed E-state index contributed by atoms with van der Waals surface area (Å²) < 4.78 is 5.58. The minimum Gasteiger partial charge on any atom is -0.471 e. The average Bonchev–Trinajstić information content (AvgIpc) is 2.39. The Bertz CT molecular complexity index is 516. The SMILES string of the molecule is N#CC(Oc1ccc(Cl)cc1)c1ccccc1. The highest BCUT2D eigenvalue weighted by Crippen LogP contribution is 2.22. The molecular weight excluding hydrogens is 234 g/mol. The monoisotopic (exact) mass is 243 g/mol. The van der Waals surface area contributed by atoms with Gasteiger partial charge in [-0.3, -0.25) is 0 Å². The van der Waals surface area contributed by atoms with Crippen LogP contribution in [0.15, 0.2) is 54.6 Å². The molecule has 2 rings (SSSR count). The predicted molar refractivity (Wildman–Crippen MR) is 66.9 cm³/mol. The van der Waals surface area contributed by atoms with E-state index in [1.807, 2.05) is 30.3 Å². The van der Waals surface area contributed by atoms with E-state index in [0.29, 0.717) is 10.8 Å². The minimum absolute atomic E-state index is 0.600. The lowest BCUT2D eigenvalue weighted by atomic mass is 10.1. The number of rotatable bonds is 3. The van der Waals surface area contributed by atoms with E-state index in [9.17, 15) is 0 Å². The summed E-state index contributed by atoms with van der Waals surface area (Å²) in [4.78, 5) is 0. The maximum atomic E-state index is 9.09. The van der Waals surface area contributed by atoms with E-state index < -0.39 is 6.10 Å². The van der Waals surface area contributed by atoms with Crippen molar-refractivity contribution in [2.24, 2.45) is 0 Å². The summed E-state index contributed by atoms with van der Waals surface area (Å²) in [6.07, 6.45) is -0.600. The van der Waals surface area contributed by atoms with Crippen LogP contribution in [0, 0.1) is 11.3 Å². The molecular formula is C14H10ClNO. The Hall–Kier alpha value is -1.98. The van der Waals surface area contributed by atoms with Crippen molar-refractivity contribution in [3.8, 4) is 11.8 Å². The third-order valence-corrected chi connectivity index (χ3v) is 2.54. The Balaban J connectivity index is 2.17. The summed E-state index contributed by atoms with van der Waals surface area (Å²) in [5, 5.41) is 9.74. The van der Waals surface area contributed by atoms with Crippen LogP contribution >= 0.6 is 11.6 Å². The molecule has 0 spiro atoms. The molecule has 0 N–H and O–H groups in total. The molecule has 0 saturated heterocycles.